The van der Waals surface area contributed by atoms with Crippen LogP contribution < -0.4 is 5.32 Å². The number of anilines is 1. The zero-order chi connectivity index (χ0) is 13.1. The molecule has 0 radical (unpaired) electrons. The van der Waals surface area contributed by atoms with Gasteiger partial charge in [0.05, 0.1) is 15.7 Å². The van der Waals surface area contributed by atoms with Gasteiger partial charge in [-0.2, -0.15) is 0 Å². The van der Waals surface area contributed by atoms with Gasteiger partial charge in [-0.3, -0.25) is 0 Å². The van der Waals surface area contributed by atoms with Crippen LogP contribution in [0.1, 0.15) is 16.1 Å². The molecule has 0 unspecified atom stereocenters. The number of hydrogen-bond acceptors (Lipinski definition) is 3. The molecule has 0 saturated carbocycles. The first-order valence-corrected chi connectivity index (χ1v) is 7.33. The van der Waals surface area contributed by atoms with Gasteiger partial charge in [-0.1, -0.05) is 0 Å². The standard InChI is InChI=1S/C13H14BrFN2S/c1-8-5-11(15)10(14)6-12(8)16-4-3-13-9(2)17-7-18-13/h5-7,16H,3-4H2,1-2H3. The first-order chi connectivity index (χ1) is 8.58. The smallest absolute Gasteiger partial charge is 0.137 e. The van der Waals surface area contributed by atoms with E-state index in [0.717, 1.165) is 29.9 Å². The Labute approximate surface area is 118 Å². The lowest BCUT2D eigenvalue weighted by molar-refractivity contribution is 0.620. The summed E-state index contributed by atoms with van der Waals surface area (Å²) in [5.74, 6) is -0.226. The molecule has 0 fully saturated rings. The molecule has 0 aliphatic rings. The van der Waals surface area contributed by atoms with Crippen molar-refractivity contribution in [2.75, 3.05) is 11.9 Å². The van der Waals surface area contributed by atoms with Crippen LogP contribution in [0.3, 0.4) is 0 Å². The fraction of sp³-hybridized carbons (Fsp3) is 0.308. The highest BCUT2D eigenvalue weighted by Crippen LogP contribution is 2.24. The molecule has 0 aliphatic heterocycles. The van der Waals surface area contributed by atoms with Crippen molar-refractivity contribution in [2.45, 2.75) is 20.3 Å². The van der Waals surface area contributed by atoms with E-state index >= 15 is 0 Å². The molecule has 0 amide bonds. The molecule has 2 aromatic rings. The van der Waals surface area contributed by atoms with Gasteiger partial charge in [-0.15, -0.1) is 11.3 Å². The van der Waals surface area contributed by atoms with E-state index in [4.69, 9.17) is 0 Å². The highest BCUT2D eigenvalue weighted by molar-refractivity contribution is 9.10. The second-order valence-corrected chi connectivity index (χ2v) is 5.91. The predicted molar refractivity (Wildman–Crippen MR) is 77.9 cm³/mol. The van der Waals surface area contributed by atoms with E-state index in [2.05, 4.69) is 26.2 Å². The zero-order valence-electron chi connectivity index (χ0n) is 10.3. The van der Waals surface area contributed by atoms with Crippen molar-refractivity contribution in [2.24, 2.45) is 0 Å². The van der Waals surface area contributed by atoms with Crippen molar-refractivity contribution >= 4 is 33.0 Å². The number of hydrogen-bond donors (Lipinski definition) is 1. The van der Waals surface area contributed by atoms with Crippen LogP contribution in [0.4, 0.5) is 10.1 Å². The summed E-state index contributed by atoms with van der Waals surface area (Å²) in [6.07, 6.45) is 0.935. The van der Waals surface area contributed by atoms with Crippen LogP contribution in [-0.4, -0.2) is 11.5 Å². The lowest BCUT2D eigenvalue weighted by Crippen LogP contribution is -2.06. The third-order valence-corrected chi connectivity index (χ3v) is 4.38. The summed E-state index contributed by atoms with van der Waals surface area (Å²) >= 11 is 4.87. The Morgan fingerprint density at radius 1 is 1.39 bits per heavy atom. The normalized spacial score (nSPS) is 10.7. The van der Waals surface area contributed by atoms with Gasteiger partial charge in [0, 0.05) is 23.5 Å². The van der Waals surface area contributed by atoms with Crippen molar-refractivity contribution in [1.82, 2.24) is 4.98 Å². The minimum atomic E-state index is -0.226. The number of nitrogens with zero attached hydrogens (tertiary/aromatic N) is 1. The van der Waals surface area contributed by atoms with E-state index in [1.807, 2.05) is 19.4 Å². The van der Waals surface area contributed by atoms with Crippen molar-refractivity contribution in [3.8, 4) is 0 Å². The van der Waals surface area contributed by atoms with E-state index in [9.17, 15) is 4.39 Å². The highest BCUT2D eigenvalue weighted by atomic mass is 79.9. The van der Waals surface area contributed by atoms with Crippen molar-refractivity contribution in [3.63, 3.8) is 0 Å². The summed E-state index contributed by atoms with van der Waals surface area (Å²) in [6.45, 7) is 4.74. The summed E-state index contributed by atoms with van der Waals surface area (Å²) in [5.41, 5.74) is 4.84. The van der Waals surface area contributed by atoms with E-state index in [-0.39, 0.29) is 5.82 Å². The molecule has 0 bridgehead atoms. The average molecular weight is 329 g/mol. The number of rotatable bonds is 4. The van der Waals surface area contributed by atoms with E-state index in [1.165, 1.54) is 10.9 Å². The summed E-state index contributed by atoms with van der Waals surface area (Å²) in [4.78, 5) is 5.51. The molecule has 96 valence electrons. The van der Waals surface area contributed by atoms with Crippen LogP contribution in [0, 0.1) is 19.7 Å². The molecule has 1 aromatic carbocycles. The van der Waals surface area contributed by atoms with Gasteiger partial charge in [-0.25, -0.2) is 9.37 Å². The summed E-state index contributed by atoms with van der Waals surface area (Å²) in [6, 6.07) is 3.31. The second-order valence-electron chi connectivity index (χ2n) is 4.12. The first kappa shape index (κ1) is 13.5. The van der Waals surface area contributed by atoms with Gasteiger partial charge in [-0.05, 0) is 47.5 Å². The van der Waals surface area contributed by atoms with E-state index in [1.54, 1.807) is 17.4 Å². The molecule has 0 aliphatic carbocycles. The molecule has 18 heavy (non-hydrogen) atoms. The van der Waals surface area contributed by atoms with Crippen LogP contribution in [0.2, 0.25) is 0 Å². The number of benzene rings is 1. The molecule has 0 spiro atoms. The first-order valence-electron chi connectivity index (χ1n) is 5.66. The third kappa shape index (κ3) is 3.09. The second kappa shape index (κ2) is 5.80. The molecule has 0 saturated heterocycles. The van der Waals surface area contributed by atoms with Crippen molar-refractivity contribution < 1.29 is 4.39 Å². The van der Waals surface area contributed by atoms with E-state index < -0.39 is 0 Å². The van der Waals surface area contributed by atoms with Gasteiger partial charge in [0.2, 0.25) is 0 Å². The number of aromatic nitrogens is 1. The third-order valence-electron chi connectivity index (χ3n) is 2.78. The van der Waals surface area contributed by atoms with Crippen LogP contribution in [0.25, 0.3) is 0 Å². The molecule has 1 aromatic heterocycles. The minimum Gasteiger partial charge on any atom is -0.384 e. The Morgan fingerprint density at radius 2 is 2.17 bits per heavy atom. The monoisotopic (exact) mass is 328 g/mol. The van der Waals surface area contributed by atoms with E-state index in [0.29, 0.717) is 4.47 Å². The molecule has 1 heterocycles. The maximum Gasteiger partial charge on any atom is 0.137 e. The zero-order valence-corrected chi connectivity index (χ0v) is 12.7. The molecule has 2 rings (SSSR count). The Hall–Kier alpha value is -0.940. The number of nitrogens with one attached hydrogen (secondary N) is 1. The van der Waals surface area contributed by atoms with Gasteiger partial charge in [0.1, 0.15) is 5.82 Å². The maximum atomic E-state index is 13.3. The fourth-order valence-corrected chi connectivity index (χ4v) is 2.84. The van der Waals surface area contributed by atoms with Crippen molar-refractivity contribution in [3.05, 3.63) is 44.1 Å². The number of aryl methyl sites for hydroxylation is 2. The minimum absolute atomic E-state index is 0.226. The quantitative estimate of drug-likeness (QED) is 0.904. The molecular weight excluding hydrogens is 315 g/mol. The summed E-state index contributed by atoms with van der Waals surface area (Å²) < 4.78 is 13.8. The number of halogens is 2. The Kier molecular flexibility index (Phi) is 4.35. The fourth-order valence-electron chi connectivity index (χ4n) is 1.71. The van der Waals surface area contributed by atoms with Crippen LogP contribution in [-0.2, 0) is 6.42 Å². The Morgan fingerprint density at radius 3 is 2.83 bits per heavy atom. The average Bonchev–Trinajstić information content (AvgIpc) is 2.72. The molecule has 1 N–H and O–H groups in total. The van der Waals surface area contributed by atoms with Crippen LogP contribution in [0.15, 0.2) is 22.1 Å². The lowest BCUT2D eigenvalue weighted by atomic mass is 10.2. The molecule has 5 heteroatoms. The predicted octanol–water partition coefficient (Wildman–Crippen LogP) is 4.32. The Balaban J connectivity index is 1.99. The largest absolute Gasteiger partial charge is 0.384 e. The molecular formula is C13H14BrFN2S. The van der Waals surface area contributed by atoms with Gasteiger partial charge in [0.15, 0.2) is 0 Å². The highest BCUT2D eigenvalue weighted by Gasteiger charge is 2.06. The molecule has 0 atom stereocenters. The molecule has 2 nitrogen and oxygen atoms in total. The summed E-state index contributed by atoms with van der Waals surface area (Å²) in [7, 11) is 0. The number of thiazole rings is 1. The topological polar surface area (TPSA) is 24.9 Å². The van der Waals surface area contributed by atoms with Crippen LogP contribution >= 0.6 is 27.3 Å². The summed E-state index contributed by atoms with van der Waals surface area (Å²) in [5, 5.41) is 3.33. The van der Waals surface area contributed by atoms with Gasteiger partial charge >= 0.3 is 0 Å². The van der Waals surface area contributed by atoms with Gasteiger partial charge in [0.25, 0.3) is 0 Å². The van der Waals surface area contributed by atoms with Crippen LogP contribution in [0.5, 0.6) is 0 Å². The SMILES string of the molecule is Cc1cc(F)c(Br)cc1NCCc1scnc1C. The Bertz CT molecular complexity index is 554. The van der Waals surface area contributed by atoms with Crippen molar-refractivity contribution in [1.29, 1.82) is 0 Å². The lowest BCUT2D eigenvalue weighted by Gasteiger charge is -2.10. The maximum absolute atomic E-state index is 13.3. The van der Waals surface area contributed by atoms with Gasteiger partial charge < -0.3 is 5.32 Å².